The van der Waals surface area contributed by atoms with Crippen molar-refractivity contribution in [1.29, 1.82) is 0 Å². The lowest BCUT2D eigenvalue weighted by Gasteiger charge is -2.10. The van der Waals surface area contributed by atoms with E-state index in [0.29, 0.717) is 11.3 Å². The van der Waals surface area contributed by atoms with Crippen LogP contribution in [0.15, 0.2) is 23.0 Å². The number of aromatic nitrogens is 1. The van der Waals surface area contributed by atoms with Gasteiger partial charge in [-0.3, -0.25) is 4.79 Å². The first-order chi connectivity index (χ1) is 8.47. The van der Waals surface area contributed by atoms with E-state index in [0.717, 1.165) is 0 Å². The molecule has 0 bridgehead atoms. The summed E-state index contributed by atoms with van der Waals surface area (Å²) in [6.45, 7) is 0. The van der Waals surface area contributed by atoms with Crippen LogP contribution < -0.4 is 10.3 Å². The number of carbonyl (C=O) groups is 1. The highest BCUT2D eigenvalue weighted by molar-refractivity contribution is 5.99. The molecule has 0 radical (unpaired) electrons. The summed E-state index contributed by atoms with van der Waals surface area (Å²) in [5.74, 6) is -1.54. The average molecular weight is 249 g/mol. The molecule has 0 amide bonds. The smallest absolute Gasteiger partial charge is 0.345 e. The molecule has 1 aromatic carbocycles. The lowest BCUT2D eigenvalue weighted by molar-refractivity contribution is 0.0691. The topological polar surface area (TPSA) is 88.8 Å². The third-order valence-electron chi connectivity index (χ3n) is 2.79. The number of benzene rings is 1. The number of carboxylic acids is 1. The van der Waals surface area contributed by atoms with Crippen molar-refractivity contribution in [1.82, 2.24) is 4.57 Å². The van der Waals surface area contributed by atoms with Crippen molar-refractivity contribution < 1.29 is 19.7 Å². The van der Waals surface area contributed by atoms with Crippen molar-refractivity contribution in [3.05, 3.63) is 34.1 Å². The summed E-state index contributed by atoms with van der Waals surface area (Å²) in [4.78, 5) is 22.8. The zero-order valence-electron chi connectivity index (χ0n) is 9.80. The van der Waals surface area contributed by atoms with Crippen LogP contribution in [0.25, 0.3) is 10.9 Å². The molecule has 0 aliphatic rings. The number of fused-ring (bicyclic) bond motifs is 1. The summed E-state index contributed by atoms with van der Waals surface area (Å²) < 4.78 is 6.18. The van der Waals surface area contributed by atoms with Gasteiger partial charge in [-0.05, 0) is 18.2 Å². The first-order valence-corrected chi connectivity index (χ1v) is 5.10. The minimum atomic E-state index is -1.46. The Hall–Kier alpha value is -2.50. The number of hydrogen-bond acceptors (Lipinski definition) is 4. The fraction of sp³-hybridized carbons (Fsp3) is 0.167. The number of rotatable bonds is 2. The van der Waals surface area contributed by atoms with Crippen LogP contribution in [0.2, 0.25) is 0 Å². The first-order valence-electron chi connectivity index (χ1n) is 5.10. The first kappa shape index (κ1) is 12.0. The van der Waals surface area contributed by atoms with E-state index < -0.39 is 22.8 Å². The Morgan fingerprint density at radius 1 is 1.39 bits per heavy atom. The highest BCUT2D eigenvalue weighted by Gasteiger charge is 2.20. The van der Waals surface area contributed by atoms with Crippen LogP contribution >= 0.6 is 0 Å². The van der Waals surface area contributed by atoms with Gasteiger partial charge < -0.3 is 19.5 Å². The van der Waals surface area contributed by atoms with E-state index in [9.17, 15) is 14.7 Å². The molecule has 6 nitrogen and oxygen atoms in total. The third-order valence-corrected chi connectivity index (χ3v) is 2.79. The van der Waals surface area contributed by atoms with Crippen molar-refractivity contribution in [2.24, 2.45) is 7.05 Å². The van der Waals surface area contributed by atoms with Crippen molar-refractivity contribution in [2.75, 3.05) is 7.11 Å². The van der Waals surface area contributed by atoms with Crippen molar-refractivity contribution >= 4 is 16.9 Å². The minimum Gasteiger partial charge on any atom is -0.506 e. The highest BCUT2D eigenvalue weighted by atomic mass is 16.5. The Balaban J connectivity index is 2.99. The largest absolute Gasteiger partial charge is 0.506 e. The van der Waals surface area contributed by atoms with E-state index in [1.54, 1.807) is 12.1 Å². The predicted octanol–water partition coefficient (Wildman–Crippen LogP) is 0.951. The molecule has 0 fully saturated rings. The summed E-state index contributed by atoms with van der Waals surface area (Å²) in [6.07, 6.45) is 0. The molecule has 2 aromatic rings. The van der Waals surface area contributed by atoms with Gasteiger partial charge in [-0.15, -0.1) is 0 Å². The quantitative estimate of drug-likeness (QED) is 0.827. The van der Waals surface area contributed by atoms with Crippen molar-refractivity contribution in [2.45, 2.75) is 0 Å². The van der Waals surface area contributed by atoms with Gasteiger partial charge in [0, 0.05) is 12.4 Å². The van der Waals surface area contributed by atoms with E-state index in [-0.39, 0.29) is 5.39 Å². The zero-order chi connectivity index (χ0) is 13.4. The Labute approximate surface area is 102 Å². The van der Waals surface area contributed by atoms with Gasteiger partial charge in [-0.25, -0.2) is 4.79 Å². The molecule has 94 valence electrons. The van der Waals surface area contributed by atoms with Gasteiger partial charge in [-0.1, -0.05) is 0 Å². The SMILES string of the molecule is COc1ccc2c(c1)c(O)c(C(=O)O)c(=O)n2C. The van der Waals surface area contributed by atoms with Crippen LogP contribution in [0, 0.1) is 0 Å². The van der Waals surface area contributed by atoms with Crippen LogP contribution in [0.3, 0.4) is 0 Å². The van der Waals surface area contributed by atoms with Gasteiger partial charge >= 0.3 is 5.97 Å². The number of aromatic carboxylic acids is 1. The number of ether oxygens (including phenoxy) is 1. The summed E-state index contributed by atoms with van der Waals surface area (Å²) >= 11 is 0. The van der Waals surface area contributed by atoms with E-state index in [1.807, 2.05) is 0 Å². The molecule has 0 aliphatic carbocycles. The molecular weight excluding hydrogens is 238 g/mol. The van der Waals surface area contributed by atoms with E-state index in [4.69, 9.17) is 9.84 Å². The van der Waals surface area contributed by atoms with Crippen LogP contribution in [-0.2, 0) is 7.05 Å². The van der Waals surface area contributed by atoms with Crippen LogP contribution in [0.5, 0.6) is 11.5 Å². The van der Waals surface area contributed by atoms with E-state index in [1.165, 1.54) is 24.8 Å². The predicted molar refractivity (Wildman–Crippen MR) is 64.4 cm³/mol. The summed E-state index contributed by atoms with van der Waals surface area (Å²) in [5.41, 5.74) is -0.959. The molecule has 2 N–H and O–H groups in total. The maximum atomic E-state index is 11.8. The second kappa shape index (κ2) is 4.06. The molecule has 0 spiro atoms. The molecule has 0 saturated heterocycles. The van der Waals surface area contributed by atoms with Gasteiger partial charge in [0.15, 0.2) is 5.56 Å². The highest BCUT2D eigenvalue weighted by Crippen LogP contribution is 2.29. The Kier molecular flexibility index (Phi) is 2.70. The van der Waals surface area contributed by atoms with Crippen LogP contribution in [0.4, 0.5) is 0 Å². The summed E-state index contributed by atoms with van der Waals surface area (Å²) in [5, 5.41) is 19.1. The molecule has 18 heavy (non-hydrogen) atoms. The number of hydrogen-bond donors (Lipinski definition) is 2. The monoisotopic (exact) mass is 249 g/mol. The summed E-state index contributed by atoms with van der Waals surface area (Å²) in [7, 11) is 2.90. The fourth-order valence-electron chi connectivity index (χ4n) is 1.83. The average Bonchev–Trinajstić information content (AvgIpc) is 2.35. The molecule has 6 heteroatoms. The maximum absolute atomic E-state index is 11.8. The lowest BCUT2D eigenvalue weighted by Crippen LogP contribution is -2.24. The molecule has 0 atom stereocenters. The molecule has 0 saturated carbocycles. The van der Waals surface area contributed by atoms with Crippen molar-refractivity contribution in [3.63, 3.8) is 0 Å². The third kappa shape index (κ3) is 1.58. The number of nitrogens with zero attached hydrogens (tertiary/aromatic N) is 1. The number of aryl methyl sites for hydroxylation is 1. The Morgan fingerprint density at radius 2 is 2.06 bits per heavy atom. The van der Waals surface area contributed by atoms with Gasteiger partial charge in [0.05, 0.1) is 12.6 Å². The number of aromatic hydroxyl groups is 1. The number of carboxylic acid groups (broad SMARTS) is 1. The van der Waals surface area contributed by atoms with Crippen LogP contribution in [0.1, 0.15) is 10.4 Å². The molecular formula is C12H11NO5. The summed E-state index contributed by atoms with van der Waals surface area (Å²) in [6, 6.07) is 4.69. The van der Waals surface area contributed by atoms with E-state index in [2.05, 4.69) is 0 Å². The molecule has 0 aliphatic heterocycles. The van der Waals surface area contributed by atoms with Gasteiger partial charge in [0.2, 0.25) is 0 Å². The second-order valence-electron chi connectivity index (χ2n) is 3.78. The molecule has 0 unspecified atom stereocenters. The zero-order valence-corrected chi connectivity index (χ0v) is 9.80. The Morgan fingerprint density at radius 3 is 2.61 bits per heavy atom. The Bertz CT molecular complexity index is 702. The molecule has 1 aromatic heterocycles. The van der Waals surface area contributed by atoms with Gasteiger partial charge in [-0.2, -0.15) is 0 Å². The van der Waals surface area contributed by atoms with Gasteiger partial charge in [0.1, 0.15) is 11.5 Å². The minimum absolute atomic E-state index is 0.258. The maximum Gasteiger partial charge on any atom is 0.345 e. The van der Waals surface area contributed by atoms with Gasteiger partial charge in [0.25, 0.3) is 5.56 Å². The van der Waals surface area contributed by atoms with Crippen molar-refractivity contribution in [3.8, 4) is 11.5 Å². The lowest BCUT2D eigenvalue weighted by atomic mass is 10.1. The second-order valence-corrected chi connectivity index (χ2v) is 3.78. The number of pyridine rings is 1. The normalized spacial score (nSPS) is 10.6. The molecule has 1 heterocycles. The standard InChI is InChI=1S/C12H11NO5/c1-13-8-4-3-6(18-2)5-7(8)10(14)9(11(13)15)12(16)17/h3-5,14H,1-2H3,(H,16,17). The van der Waals surface area contributed by atoms with Crippen LogP contribution in [-0.4, -0.2) is 27.9 Å². The fourth-order valence-corrected chi connectivity index (χ4v) is 1.83. The van der Waals surface area contributed by atoms with E-state index >= 15 is 0 Å². The number of methoxy groups -OCH3 is 1. The molecule has 2 rings (SSSR count).